The number of amides is 2. The topological polar surface area (TPSA) is 67.4 Å². The third-order valence-corrected chi connectivity index (χ3v) is 3.47. The number of hydrazine groups is 1. The van der Waals surface area contributed by atoms with Crippen molar-refractivity contribution < 1.29 is 14.3 Å². The molecular formula is C20H22N2O3. The molecule has 0 radical (unpaired) electrons. The van der Waals surface area contributed by atoms with E-state index in [9.17, 15) is 9.59 Å². The predicted octanol–water partition coefficient (Wildman–Crippen LogP) is 3.05. The van der Waals surface area contributed by atoms with Crippen LogP contribution in [0.1, 0.15) is 30.9 Å². The number of rotatable bonds is 6. The lowest BCUT2D eigenvalue weighted by molar-refractivity contribution is -0.128. The van der Waals surface area contributed by atoms with Gasteiger partial charge in [0.15, 0.2) is 6.61 Å². The van der Waals surface area contributed by atoms with Crippen LogP contribution in [0.3, 0.4) is 0 Å². The molecule has 0 fully saturated rings. The average molecular weight is 338 g/mol. The van der Waals surface area contributed by atoms with Gasteiger partial charge in [-0.05, 0) is 35.3 Å². The van der Waals surface area contributed by atoms with Crippen LogP contribution in [0.25, 0.3) is 6.08 Å². The van der Waals surface area contributed by atoms with Crippen LogP contribution in [0.4, 0.5) is 0 Å². The second-order valence-electron chi connectivity index (χ2n) is 5.79. The van der Waals surface area contributed by atoms with E-state index in [1.165, 1.54) is 11.6 Å². The fourth-order valence-electron chi connectivity index (χ4n) is 2.04. The minimum atomic E-state index is -0.436. The van der Waals surface area contributed by atoms with Gasteiger partial charge in [-0.15, -0.1) is 0 Å². The maximum atomic E-state index is 11.7. The van der Waals surface area contributed by atoms with Crippen LogP contribution >= 0.6 is 0 Å². The Bertz CT molecular complexity index is 722. The summed E-state index contributed by atoms with van der Waals surface area (Å²) < 4.78 is 5.38. The van der Waals surface area contributed by atoms with Gasteiger partial charge in [0.05, 0.1) is 0 Å². The Balaban J connectivity index is 1.71. The molecule has 2 N–H and O–H groups in total. The van der Waals surface area contributed by atoms with Crippen LogP contribution in [0.2, 0.25) is 0 Å². The van der Waals surface area contributed by atoms with E-state index in [1.54, 1.807) is 6.08 Å². The molecule has 0 saturated heterocycles. The molecule has 2 aromatic rings. The summed E-state index contributed by atoms with van der Waals surface area (Å²) in [5, 5.41) is 0. The highest BCUT2D eigenvalue weighted by molar-refractivity contribution is 5.93. The SMILES string of the molecule is CC(C)c1ccc(OCC(=O)NNC(=O)/C=C/c2ccccc2)cc1. The van der Waals surface area contributed by atoms with Gasteiger partial charge in [0, 0.05) is 6.08 Å². The second-order valence-corrected chi connectivity index (χ2v) is 5.79. The lowest BCUT2D eigenvalue weighted by atomic mass is 10.0. The molecule has 130 valence electrons. The van der Waals surface area contributed by atoms with Crippen molar-refractivity contribution in [2.75, 3.05) is 6.61 Å². The van der Waals surface area contributed by atoms with Crippen molar-refractivity contribution in [3.63, 3.8) is 0 Å². The van der Waals surface area contributed by atoms with Gasteiger partial charge in [-0.3, -0.25) is 20.4 Å². The zero-order chi connectivity index (χ0) is 18.1. The van der Waals surface area contributed by atoms with Crippen LogP contribution in [0.5, 0.6) is 5.75 Å². The Kier molecular flexibility index (Phi) is 6.77. The first-order chi connectivity index (χ1) is 12.0. The van der Waals surface area contributed by atoms with Crippen LogP contribution in [-0.2, 0) is 9.59 Å². The third-order valence-electron chi connectivity index (χ3n) is 3.47. The molecule has 0 bridgehead atoms. The quantitative estimate of drug-likeness (QED) is 0.628. The molecular weight excluding hydrogens is 316 g/mol. The molecule has 0 aliphatic carbocycles. The number of hydrogen-bond acceptors (Lipinski definition) is 3. The van der Waals surface area contributed by atoms with Crippen molar-refractivity contribution in [3.8, 4) is 5.75 Å². The van der Waals surface area contributed by atoms with E-state index in [-0.39, 0.29) is 6.61 Å². The Morgan fingerprint density at radius 2 is 1.68 bits per heavy atom. The van der Waals surface area contributed by atoms with Crippen molar-refractivity contribution >= 4 is 17.9 Å². The number of ether oxygens (including phenoxy) is 1. The Morgan fingerprint density at radius 3 is 2.32 bits per heavy atom. The van der Waals surface area contributed by atoms with Crippen molar-refractivity contribution in [2.45, 2.75) is 19.8 Å². The van der Waals surface area contributed by atoms with E-state index in [0.717, 1.165) is 5.56 Å². The zero-order valence-corrected chi connectivity index (χ0v) is 14.4. The largest absolute Gasteiger partial charge is 0.484 e. The average Bonchev–Trinajstić information content (AvgIpc) is 2.64. The van der Waals surface area contributed by atoms with E-state index in [2.05, 4.69) is 24.7 Å². The van der Waals surface area contributed by atoms with Crippen molar-refractivity contribution in [2.24, 2.45) is 0 Å². The van der Waals surface area contributed by atoms with Gasteiger partial charge >= 0.3 is 0 Å². The van der Waals surface area contributed by atoms with Gasteiger partial charge in [0.1, 0.15) is 5.75 Å². The van der Waals surface area contributed by atoms with E-state index >= 15 is 0 Å². The summed E-state index contributed by atoms with van der Waals surface area (Å²) in [6.07, 6.45) is 3.01. The fraction of sp³-hybridized carbons (Fsp3) is 0.200. The zero-order valence-electron chi connectivity index (χ0n) is 14.4. The summed E-state index contributed by atoms with van der Waals surface area (Å²) in [7, 11) is 0. The Hall–Kier alpha value is -3.08. The van der Waals surface area contributed by atoms with Gasteiger partial charge < -0.3 is 4.74 Å². The number of carbonyl (C=O) groups excluding carboxylic acids is 2. The van der Waals surface area contributed by atoms with Crippen LogP contribution in [0, 0.1) is 0 Å². The highest BCUT2D eigenvalue weighted by Gasteiger charge is 2.04. The van der Waals surface area contributed by atoms with Gasteiger partial charge in [-0.2, -0.15) is 0 Å². The molecule has 0 spiro atoms. The Morgan fingerprint density at radius 1 is 1.00 bits per heavy atom. The van der Waals surface area contributed by atoms with Crippen molar-refractivity contribution in [1.29, 1.82) is 0 Å². The molecule has 0 aromatic heterocycles. The summed E-state index contributed by atoms with van der Waals surface area (Å²) in [4.78, 5) is 23.3. The molecule has 0 saturated carbocycles. The van der Waals surface area contributed by atoms with E-state index in [4.69, 9.17) is 4.74 Å². The molecule has 0 aliphatic heterocycles. The molecule has 5 nitrogen and oxygen atoms in total. The summed E-state index contributed by atoms with van der Waals surface area (Å²) in [5.74, 6) is 0.194. The molecule has 0 unspecified atom stereocenters. The molecule has 2 rings (SSSR count). The number of carbonyl (C=O) groups is 2. The first-order valence-corrected chi connectivity index (χ1v) is 8.09. The van der Waals surface area contributed by atoms with Crippen LogP contribution in [0.15, 0.2) is 60.7 Å². The summed E-state index contributed by atoms with van der Waals surface area (Å²) in [5.41, 5.74) is 6.71. The molecule has 2 aromatic carbocycles. The summed E-state index contributed by atoms with van der Waals surface area (Å²) in [6.45, 7) is 4.04. The van der Waals surface area contributed by atoms with Gasteiger partial charge in [0.25, 0.3) is 11.8 Å². The fourth-order valence-corrected chi connectivity index (χ4v) is 2.04. The van der Waals surface area contributed by atoms with Gasteiger partial charge in [-0.25, -0.2) is 0 Å². The van der Waals surface area contributed by atoms with Crippen LogP contribution < -0.4 is 15.6 Å². The molecule has 0 atom stereocenters. The third kappa shape index (κ3) is 6.51. The van der Waals surface area contributed by atoms with Gasteiger partial charge in [0.2, 0.25) is 0 Å². The van der Waals surface area contributed by atoms with E-state index < -0.39 is 11.8 Å². The van der Waals surface area contributed by atoms with E-state index in [0.29, 0.717) is 11.7 Å². The number of nitrogens with one attached hydrogen (secondary N) is 2. The van der Waals surface area contributed by atoms with E-state index in [1.807, 2.05) is 54.6 Å². The minimum Gasteiger partial charge on any atom is -0.484 e. The highest BCUT2D eigenvalue weighted by atomic mass is 16.5. The predicted molar refractivity (Wildman–Crippen MR) is 97.8 cm³/mol. The maximum Gasteiger partial charge on any atom is 0.276 e. The minimum absolute atomic E-state index is 0.177. The first kappa shape index (κ1) is 18.3. The first-order valence-electron chi connectivity index (χ1n) is 8.09. The molecule has 5 heteroatoms. The van der Waals surface area contributed by atoms with Crippen molar-refractivity contribution in [3.05, 3.63) is 71.8 Å². The number of hydrogen-bond donors (Lipinski definition) is 2. The maximum absolute atomic E-state index is 11.7. The Labute approximate surface area is 147 Å². The highest BCUT2D eigenvalue weighted by Crippen LogP contribution is 2.18. The van der Waals surface area contributed by atoms with Crippen LogP contribution in [-0.4, -0.2) is 18.4 Å². The standard InChI is InChI=1S/C20H22N2O3/c1-15(2)17-9-11-18(12-10-17)25-14-20(24)22-21-19(23)13-8-16-6-4-3-5-7-16/h3-13,15H,14H2,1-2H3,(H,21,23)(H,22,24)/b13-8+. The smallest absolute Gasteiger partial charge is 0.276 e. The molecule has 2 amide bonds. The lowest BCUT2D eigenvalue weighted by Crippen LogP contribution is -2.43. The molecule has 0 heterocycles. The molecule has 0 aliphatic rings. The normalized spacial score (nSPS) is 10.7. The second kappa shape index (κ2) is 9.27. The van der Waals surface area contributed by atoms with Crippen molar-refractivity contribution in [1.82, 2.24) is 10.9 Å². The summed E-state index contributed by atoms with van der Waals surface area (Å²) in [6, 6.07) is 17.0. The monoisotopic (exact) mass is 338 g/mol. The summed E-state index contributed by atoms with van der Waals surface area (Å²) >= 11 is 0. The van der Waals surface area contributed by atoms with Gasteiger partial charge in [-0.1, -0.05) is 56.3 Å². The lowest BCUT2D eigenvalue weighted by Gasteiger charge is -2.09. The number of benzene rings is 2. The molecule has 25 heavy (non-hydrogen) atoms.